The van der Waals surface area contributed by atoms with Crippen LogP contribution in [0.25, 0.3) is 11.3 Å². The van der Waals surface area contributed by atoms with E-state index in [1.165, 1.54) is 13.3 Å². The van der Waals surface area contributed by atoms with Crippen molar-refractivity contribution >= 4 is 28.3 Å². The van der Waals surface area contributed by atoms with E-state index in [0.29, 0.717) is 33.6 Å². The Bertz CT molecular complexity index is 1230. The molecule has 0 radical (unpaired) electrons. The zero-order chi connectivity index (χ0) is 22.5. The Balaban J connectivity index is 1.65. The quantitative estimate of drug-likeness (QED) is 0.428. The first kappa shape index (κ1) is 21.3. The minimum Gasteiger partial charge on any atom is -0.497 e. The molecule has 1 N–H and O–H groups in total. The fourth-order valence-corrected chi connectivity index (χ4v) is 3.82. The third-order valence-corrected chi connectivity index (χ3v) is 5.56. The molecule has 0 aliphatic carbocycles. The van der Waals surface area contributed by atoms with Gasteiger partial charge in [-0.05, 0) is 29.8 Å². The number of rotatable bonds is 7. The summed E-state index contributed by atoms with van der Waals surface area (Å²) in [7, 11) is 2.89. The van der Waals surface area contributed by atoms with Crippen molar-refractivity contribution in [1.29, 1.82) is 0 Å². The van der Waals surface area contributed by atoms with Gasteiger partial charge in [0.25, 0.3) is 5.91 Å². The number of ether oxygens (including phenoxy) is 2. The number of benzene rings is 2. The molecule has 9 heteroatoms. The highest BCUT2D eigenvalue weighted by molar-refractivity contribution is 7.17. The first-order valence-corrected chi connectivity index (χ1v) is 10.5. The first-order chi connectivity index (χ1) is 15.6. The van der Waals surface area contributed by atoms with Crippen LogP contribution in [0.1, 0.15) is 25.6 Å². The fraction of sp³-hybridized carbons (Fsp3) is 0.130. The molecule has 0 aliphatic heterocycles. The van der Waals surface area contributed by atoms with Gasteiger partial charge in [-0.3, -0.25) is 14.8 Å². The van der Waals surface area contributed by atoms with Crippen molar-refractivity contribution < 1.29 is 19.1 Å². The summed E-state index contributed by atoms with van der Waals surface area (Å²) in [6, 6.07) is 17.2. The second-order valence-electron chi connectivity index (χ2n) is 6.78. The lowest BCUT2D eigenvalue weighted by Gasteiger charge is -2.04. The zero-order valence-corrected chi connectivity index (χ0v) is 18.3. The molecule has 2 aromatic carbocycles. The number of methoxy groups -OCH3 is 2. The Hall–Kier alpha value is -3.98. The number of aromatic nitrogens is 3. The van der Waals surface area contributed by atoms with Gasteiger partial charge in [-0.1, -0.05) is 41.7 Å². The maximum atomic E-state index is 13.1. The van der Waals surface area contributed by atoms with Crippen LogP contribution in [0.3, 0.4) is 0 Å². The maximum Gasteiger partial charge on any atom is 0.349 e. The Kier molecular flexibility index (Phi) is 6.27. The van der Waals surface area contributed by atoms with Crippen molar-refractivity contribution in [2.24, 2.45) is 0 Å². The summed E-state index contributed by atoms with van der Waals surface area (Å²) in [5, 5.41) is 7.71. The smallest absolute Gasteiger partial charge is 0.349 e. The molecule has 32 heavy (non-hydrogen) atoms. The number of amides is 1. The van der Waals surface area contributed by atoms with Crippen molar-refractivity contribution in [3.05, 3.63) is 83.0 Å². The molecule has 0 fully saturated rings. The number of anilines is 1. The molecule has 0 bridgehead atoms. The molecule has 2 heterocycles. The maximum absolute atomic E-state index is 13.1. The third-order valence-electron chi connectivity index (χ3n) is 4.67. The van der Waals surface area contributed by atoms with Crippen LogP contribution >= 0.6 is 11.3 Å². The highest BCUT2D eigenvalue weighted by atomic mass is 32.1. The summed E-state index contributed by atoms with van der Waals surface area (Å²) < 4.78 is 11.6. The highest BCUT2D eigenvalue weighted by Crippen LogP contribution is 2.27. The van der Waals surface area contributed by atoms with Crippen molar-refractivity contribution in [2.45, 2.75) is 6.54 Å². The topological polar surface area (TPSA) is 95.3 Å². The number of esters is 1. The summed E-state index contributed by atoms with van der Waals surface area (Å²) in [5.74, 6) is -0.167. The molecular weight excluding hydrogens is 428 g/mol. The Morgan fingerprint density at radius 2 is 1.81 bits per heavy atom. The van der Waals surface area contributed by atoms with Gasteiger partial charge in [0, 0.05) is 11.8 Å². The van der Waals surface area contributed by atoms with Gasteiger partial charge < -0.3 is 9.47 Å². The van der Waals surface area contributed by atoms with E-state index in [4.69, 9.17) is 9.47 Å². The normalized spacial score (nSPS) is 10.6. The predicted molar refractivity (Wildman–Crippen MR) is 121 cm³/mol. The molecular formula is C23H20N4O4S. The second-order valence-corrected chi connectivity index (χ2v) is 7.81. The SMILES string of the molecule is COC(=O)c1cnc(NC(=O)c2cn(Cc3ccccc3)nc2-c2ccc(OC)cc2)s1. The second kappa shape index (κ2) is 9.44. The predicted octanol–water partition coefficient (Wildman–Crippen LogP) is 4.10. The van der Waals surface area contributed by atoms with Gasteiger partial charge in [-0.15, -0.1) is 0 Å². The van der Waals surface area contributed by atoms with Crippen LogP contribution in [0, 0.1) is 0 Å². The van der Waals surface area contributed by atoms with Crippen LogP contribution in [0.15, 0.2) is 67.0 Å². The van der Waals surface area contributed by atoms with Gasteiger partial charge in [-0.25, -0.2) is 9.78 Å². The summed E-state index contributed by atoms with van der Waals surface area (Å²) in [6.45, 7) is 0.515. The van der Waals surface area contributed by atoms with Gasteiger partial charge >= 0.3 is 5.97 Å². The molecule has 0 saturated carbocycles. The number of hydrogen-bond donors (Lipinski definition) is 1. The Labute approximate surface area is 188 Å². The van der Waals surface area contributed by atoms with E-state index in [-0.39, 0.29) is 5.91 Å². The van der Waals surface area contributed by atoms with Crippen LogP contribution in [0.4, 0.5) is 5.13 Å². The molecule has 162 valence electrons. The summed E-state index contributed by atoms with van der Waals surface area (Å²) in [5.41, 5.74) is 2.76. The first-order valence-electron chi connectivity index (χ1n) is 9.68. The molecule has 2 aromatic heterocycles. The van der Waals surface area contributed by atoms with Crippen molar-refractivity contribution in [3.8, 4) is 17.0 Å². The van der Waals surface area contributed by atoms with Crippen LogP contribution < -0.4 is 10.1 Å². The lowest BCUT2D eigenvalue weighted by atomic mass is 10.1. The molecule has 8 nitrogen and oxygen atoms in total. The molecule has 0 atom stereocenters. The molecule has 0 saturated heterocycles. The molecule has 1 amide bonds. The van der Waals surface area contributed by atoms with Crippen LogP contribution in [-0.4, -0.2) is 40.9 Å². The summed E-state index contributed by atoms with van der Waals surface area (Å²) in [6.07, 6.45) is 3.08. The van der Waals surface area contributed by atoms with Crippen LogP contribution in [-0.2, 0) is 11.3 Å². The van der Waals surface area contributed by atoms with E-state index in [1.54, 1.807) is 18.0 Å². The van der Waals surface area contributed by atoms with Crippen LogP contribution in [0.5, 0.6) is 5.75 Å². The number of nitrogens with one attached hydrogen (secondary N) is 1. The van der Waals surface area contributed by atoms with E-state index in [9.17, 15) is 9.59 Å². The third kappa shape index (κ3) is 4.68. The van der Waals surface area contributed by atoms with E-state index >= 15 is 0 Å². The van der Waals surface area contributed by atoms with E-state index in [2.05, 4.69) is 15.4 Å². The van der Waals surface area contributed by atoms with Crippen molar-refractivity contribution in [2.75, 3.05) is 19.5 Å². The Morgan fingerprint density at radius 3 is 2.50 bits per heavy atom. The molecule has 4 rings (SSSR count). The van der Waals surface area contributed by atoms with Gasteiger partial charge in [0.2, 0.25) is 0 Å². The number of carbonyl (C=O) groups excluding carboxylic acids is 2. The number of nitrogens with zero attached hydrogens (tertiary/aromatic N) is 3. The highest BCUT2D eigenvalue weighted by Gasteiger charge is 2.20. The van der Waals surface area contributed by atoms with Gasteiger partial charge in [0.05, 0.1) is 32.5 Å². The van der Waals surface area contributed by atoms with Crippen LogP contribution in [0.2, 0.25) is 0 Å². The van der Waals surface area contributed by atoms with E-state index < -0.39 is 5.97 Å². The minimum absolute atomic E-state index is 0.298. The lowest BCUT2D eigenvalue weighted by Crippen LogP contribution is -2.12. The monoisotopic (exact) mass is 448 g/mol. The van der Waals surface area contributed by atoms with Crippen molar-refractivity contribution in [1.82, 2.24) is 14.8 Å². The van der Waals surface area contributed by atoms with Gasteiger partial charge in [0.15, 0.2) is 5.13 Å². The summed E-state index contributed by atoms with van der Waals surface area (Å²) in [4.78, 5) is 29.2. The van der Waals surface area contributed by atoms with Gasteiger partial charge in [0.1, 0.15) is 16.3 Å². The van der Waals surface area contributed by atoms with E-state index in [0.717, 1.165) is 22.5 Å². The minimum atomic E-state index is -0.502. The number of thiazole rings is 1. The zero-order valence-electron chi connectivity index (χ0n) is 17.4. The Morgan fingerprint density at radius 1 is 1.06 bits per heavy atom. The molecule has 0 unspecified atom stereocenters. The largest absolute Gasteiger partial charge is 0.497 e. The molecule has 0 spiro atoms. The molecule has 0 aliphatic rings. The summed E-state index contributed by atoms with van der Waals surface area (Å²) >= 11 is 1.04. The standard InChI is InChI=1S/C23H20N4O4S/c1-30-17-10-8-16(9-11-17)20-18(14-27(26-20)13-15-6-4-3-5-7-15)21(28)25-23-24-12-19(32-23)22(29)31-2/h3-12,14H,13H2,1-2H3,(H,24,25,28). The van der Waals surface area contributed by atoms with Gasteiger partial charge in [-0.2, -0.15) is 5.10 Å². The number of hydrogen-bond acceptors (Lipinski definition) is 7. The van der Waals surface area contributed by atoms with E-state index in [1.807, 2.05) is 54.6 Å². The average molecular weight is 449 g/mol. The van der Waals surface area contributed by atoms with Crippen molar-refractivity contribution in [3.63, 3.8) is 0 Å². The number of carbonyl (C=O) groups is 2. The lowest BCUT2D eigenvalue weighted by molar-refractivity contribution is 0.0606. The molecule has 4 aromatic rings. The average Bonchev–Trinajstić information content (AvgIpc) is 3.46. The fourth-order valence-electron chi connectivity index (χ4n) is 3.09.